The van der Waals surface area contributed by atoms with Gasteiger partial charge in [-0.3, -0.25) is 4.79 Å². The van der Waals surface area contributed by atoms with Gasteiger partial charge in [0.1, 0.15) is 0 Å². The van der Waals surface area contributed by atoms with Crippen molar-refractivity contribution in [3.05, 3.63) is 21.3 Å². The van der Waals surface area contributed by atoms with Crippen molar-refractivity contribution >= 4 is 40.6 Å². The maximum atomic E-state index is 11.9. The van der Waals surface area contributed by atoms with Crippen LogP contribution in [0, 0.1) is 0 Å². The molecule has 0 atom stereocenters. The van der Waals surface area contributed by atoms with Gasteiger partial charge in [0.25, 0.3) is 0 Å². The summed E-state index contributed by atoms with van der Waals surface area (Å²) in [6.07, 6.45) is 1.73. The van der Waals surface area contributed by atoms with Gasteiger partial charge >= 0.3 is 0 Å². The number of aliphatic hydroxyl groups is 1. The number of thiophene rings is 1. The first kappa shape index (κ1) is 15.2. The van der Waals surface area contributed by atoms with Crippen LogP contribution in [0.15, 0.2) is 12.1 Å². The van der Waals surface area contributed by atoms with Crippen molar-refractivity contribution in [2.24, 2.45) is 0 Å². The number of β-amino-alcohol motifs (C(OH)–C–C–N with tert-alkyl or cyclic N) is 1. The van der Waals surface area contributed by atoms with Crippen molar-refractivity contribution in [2.45, 2.75) is 31.1 Å². The normalized spacial score (nSPS) is 17.3. The molecule has 0 bridgehead atoms. The van der Waals surface area contributed by atoms with Crippen LogP contribution in [-0.2, 0) is 10.5 Å². The van der Waals surface area contributed by atoms with E-state index in [4.69, 9.17) is 11.6 Å². The summed E-state index contributed by atoms with van der Waals surface area (Å²) in [5.74, 6) is 1.40. The molecule has 1 fully saturated rings. The first-order valence-electron chi connectivity index (χ1n) is 6.34. The van der Waals surface area contributed by atoms with Crippen molar-refractivity contribution in [1.29, 1.82) is 0 Å². The highest BCUT2D eigenvalue weighted by molar-refractivity contribution is 7.99. The Morgan fingerprint density at radius 3 is 2.89 bits per heavy atom. The van der Waals surface area contributed by atoms with E-state index in [1.54, 1.807) is 28.0 Å². The molecule has 106 valence electrons. The topological polar surface area (TPSA) is 40.5 Å². The highest BCUT2D eigenvalue weighted by atomic mass is 35.5. The fourth-order valence-electron chi connectivity index (χ4n) is 2.22. The Morgan fingerprint density at radius 2 is 2.32 bits per heavy atom. The quantitative estimate of drug-likeness (QED) is 0.876. The second-order valence-electron chi connectivity index (χ2n) is 4.92. The van der Waals surface area contributed by atoms with Crippen LogP contribution in [0.25, 0.3) is 0 Å². The summed E-state index contributed by atoms with van der Waals surface area (Å²) in [5, 5.41) is 10.0. The number of amides is 1. The molecule has 0 spiro atoms. The SMILES string of the molecule is CCCC1(O)CN(C(=O)CSCc2ccc(Cl)s2)C1. The molecule has 1 N–H and O–H groups in total. The molecule has 3 nitrogen and oxygen atoms in total. The van der Waals surface area contributed by atoms with E-state index < -0.39 is 5.60 Å². The molecule has 19 heavy (non-hydrogen) atoms. The zero-order valence-corrected chi connectivity index (χ0v) is 13.3. The van der Waals surface area contributed by atoms with Crippen molar-refractivity contribution in [3.63, 3.8) is 0 Å². The minimum atomic E-state index is -0.629. The van der Waals surface area contributed by atoms with E-state index in [-0.39, 0.29) is 5.91 Å². The van der Waals surface area contributed by atoms with Crippen LogP contribution in [0.3, 0.4) is 0 Å². The van der Waals surface area contributed by atoms with Crippen LogP contribution in [-0.4, -0.2) is 40.4 Å². The highest BCUT2D eigenvalue weighted by Gasteiger charge is 2.42. The van der Waals surface area contributed by atoms with E-state index >= 15 is 0 Å². The lowest BCUT2D eigenvalue weighted by Crippen LogP contribution is -2.63. The van der Waals surface area contributed by atoms with E-state index in [1.165, 1.54) is 4.88 Å². The molecule has 1 aliphatic heterocycles. The molecule has 1 aromatic heterocycles. The summed E-state index contributed by atoms with van der Waals surface area (Å²) >= 11 is 9.00. The Balaban J connectivity index is 1.66. The fourth-order valence-corrected chi connectivity index (χ4v) is 4.35. The molecule has 1 aliphatic rings. The molecular weight excluding hydrogens is 302 g/mol. The third-order valence-electron chi connectivity index (χ3n) is 3.14. The number of hydrogen-bond donors (Lipinski definition) is 1. The molecule has 0 radical (unpaired) electrons. The molecule has 0 unspecified atom stereocenters. The van der Waals surface area contributed by atoms with E-state index in [0.717, 1.165) is 22.9 Å². The summed E-state index contributed by atoms with van der Waals surface area (Å²) in [7, 11) is 0. The smallest absolute Gasteiger partial charge is 0.232 e. The third kappa shape index (κ3) is 4.12. The molecule has 0 aliphatic carbocycles. The average Bonchev–Trinajstić information content (AvgIpc) is 2.72. The zero-order chi connectivity index (χ0) is 13.9. The largest absolute Gasteiger partial charge is 0.386 e. The van der Waals surface area contributed by atoms with Crippen LogP contribution < -0.4 is 0 Å². The van der Waals surface area contributed by atoms with Crippen LogP contribution in [0.5, 0.6) is 0 Å². The molecular formula is C13H18ClNO2S2. The summed E-state index contributed by atoms with van der Waals surface area (Å²) < 4.78 is 0.786. The maximum absolute atomic E-state index is 11.9. The Bertz CT molecular complexity index is 444. The van der Waals surface area contributed by atoms with Gasteiger partial charge in [0.15, 0.2) is 0 Å². The number of hydrogen-bond acceptors (Lipinski definition) is 4. The first-order chi connectivity index (χ1) is 9.02. The number of likely N-dealkylation sites (tertiary alicyclic amines) is 1. The van der Waals surface area contributed by atoms with Gasteiger partial charge in [0, 0.05) is 10.6 Å². The number of carbonyl (C=O) groups is 1. The van der Waals surface area contributed by atoms with Crippen molar-refractivity contribution in [1.82, 2.24) is 4.90 Å². The second kappa shape index (κ2) is 6.48. The van der Waals surface area contributed by atoms with Crippen molar-refractivity contribution in [2.75, 3.05) is 18.8 Å². The van der Waals surface area contributed by atoms with Crippen molar-refractivity contribution in [3.8, 4) is 0 Å². The summed E-state index contributed by atoms with van der Waals surface area (Å²) in [6.45, 7) is 3.03. The lowest BCUT2D eigenvalue weighted by molar-refractivity contribution is -0.153. The Hall–Kier alpha value is -0.230. The van der Waals surface area contributed by atoms with Gasteiger partial charge in [-0.15, -0.1) is 23.1 Å². The molecule has 2 rings (SSSR count). The monoisotopic (exact) mass is 319 g/mol. The van der Waals surface area contributed by atoms with E-state index in [1.807, 2.05) is 19.1 Å². The molecule has 0 aromatic carbocycles. The number of rotatable bonds is 6. The maximum Gasteiger partial charge on any atom is 0.232 e. The van der Waals surface area contributed by atoms with Crippen LogP contribution in [0.4, 0.5) is 0 Å². The van der Waals surface area contributed by atoms with E-state index in [0.29, 0.717) is 18.8 Å². The number of halogens is 1. The predicted molar refractivity (Wildman–Crippen MR) is 81.9 cm³/mol. The van der Waals surface area contributed by atoms with Gasteiger partial charge in [-0.2, -0.15) is 0 Å². The predicted octanol–water partition coefficient (Wildman–Crippen LogP) is 3.01. The second-order valence-corrected chi connectivity index (χ2v) is 7.71. The first-order valence-corrected chi connectivity index (χ1v) is 8.69. The lowest BCUT2D eigenvalue weighted by Gasteiger charge is -2.46. The minimum Gasteiger partial charge on any atom is -0.386 e. The van der Waals surface area contributed by atoms with Gasteiger partial charge in [-0.1, -0.05) is 24.9 Å². The summed E-state index contributed by atoms with van der Waals surface area (Å²) in [5.41, 5.74) is -0.629. The molecule has 1 aromatic rings. The molecule has 2 heterocycles. The van der Waals surface area contributed by atoms with E-state index in [9.17, 15) is 9.90 Å². The van der Waals surface area contributed by atoms with Gasteiger partial charge in [-0.05, 0) is 18.6 Å². The van der Waals surface area contributed by atoms with Crippen LogP contribution in [0.1, 0.15) is 24.6 Å². The van der Waals surface area contributed by atoms with Gasteiger partial charge in [-0.25, -0.2) is 0 Å². The molecule has 0 saturated carbocycles. The number of nitrogens with zero attached hydrogens (tertiary/aromatic N) is 1. The Morgan fingerprint density at radius 1 is 1.58 bits per heavy atom. The number of thioether (sulfide) groups is 1. The zero-order valence-electron chi connectivity index (χ0n) is 10.9. The Kier molecular flexibility index (Phi) is 5.17. The van der Waals surface area contributed by atoms with Gasteiger partial charge in [0.2, 0.25) is 5.91 Å². The summed E-state index contributed by atoms with van der Waals surface area (Å²) in [6, 6.07) is 3.87. The summed E-state index contributed by atoms with van der Waals surface area (Å²) in [4.78, 5) is 14.8. The van der Waals surface area contributed by atoms with Gasteiger partial charge < -0.3 is 10.0 Å². The van der Waals surface area contributed by atoms with Crippen LogP contribution in [0.2, 0.25) is 4.34 Å². The molecule has 1 saturated heterocycles. The van der Waals surface area contributed by atoms with Crippen molar-refractivity contribution < 1.29 is 9.90 Å². The highest BCUT2D eigenvalue weighted by Crippen LogP contribution is 2.28. The van der Waals surface area contributed by atoms with Gasteiger partial charge in [0.05, 0.1) is 28.8 Å². The lowest BCUT2D eigenvalue weighted by atomic mass is 9.89. The molecule has 6 heteroatoms. The Labute approximate surface area is 126 Å². The molecule has 1 amide bonds. The third-order valence-corrected chi connectivity index (χ3v) is 5.52. The number of carbonyl (C=O) groups excluding carboxylic acids is 1. The van der Waals surface area contributed by atoms with Crippen LogP contribution >= 0.6 is 34.7 Å². The minimum absolute atomic E-state index is 0.119. The fraction of sp³-hybridized carbons (Fsp3) is 0.615. The average molecular weight is 320 g/mol. The standard InChI is InChI=1S/C13H18ClNO2S2/c1-2-5-13(17)8-15(9-13)12(16)7-18-6-10-3-4-11(14)19-10/h3-4,17H,2,5-9H2,1H3. The van der Waals surface area contributed by atoms with E-state index in [2.05, 4.69) is 0 Å².